The van der Waals surface area contributed by atoms with Crippen molar-refractivity contribution in [3.05, 3.63) is 26.6 Å². The lowest BCUT2D eigenvalue weighted by Crippen LogP contribution is -2.33. The quantitative estimate of drug-likeness (QED) is 0.716. The van der Waals surface area contributed by atoms with Gasteiger partial charge >= 0.3 is 5.97 Å². The van der Waals surface area contributed by atoms with Gasteiger partial charge in [0.2, 0.25) is 0 Å². The maximum atomic E-state index is 12.0. The molecule has 0 unspecified atom stereocenters. The third kappa shape index (κ3) is 1.90. The van der Waals surface area contributed by atoms with Gasteiger partial charge in [-0.25, -0.2) is 4.79 Å². The van der Waals surface area contributed by atoms with Crippen LogP contribution in [0.15, 0.2) is 16.2 Å². The van der Waals surface area contributed by atoms with Gasteiger partial charge in [0.1, 0.15) is 4.70 Å². The van der Waals surface area contributed by atoms with Gasteiger partial charge in [0.25, 0.3) is 5.56 Å². The van der Waals surface area contributed by atoms with Gasteiger partial charge < -0.3 is 15.2 Å². The number of aromatic nitrogens is 2. The maximum Gasteiger partial charge on any atom is 0.329 e. The van der Waals surface area contributed by atoms with E-state index in [1.165, 1.54) is 11.3 Å². The second-order valence-electron chi connectivity index (χ2n) is 3.31. The first-order chi connectivity index (χ1) is 8.06. The largest absolute Gasteiger partial charge is 0.480 e. The highest BCUT2D eigenvalue weighted by molar-refractivity contribution is 7.71. The zero-order valence-corrected chi connectivity index (χ0v) is 10.0. The van der Waals surface area contributed by atoms with Crippen molar-refractivity contribution in [2.75, 3.05) is 6.61 Å². The molecule has 0 aliphatic heterocycles. The lowest BCUT2D eigenvalue weighted by atomic mass is 10.3. The third-order valence-corrected chi connectivity index (χ3v) is 3.51. The van der Waals surface area contributed by atoms with Crippen molar-refractivity contribution >= 4 is 39.7 Å². The van der Waals surface area contributed by atoms with Crippen molar-refractivity contribution in [3.8, 4) is 0 Å². The Morgan fingerprint density at radius 3 is 2.94 bits per heavy atom. The summed E-state index contributed by atoms with van der Waals surface area (Å²) in [6.07, 6.45) is 0. The van der Waals surface area contributed by atoms with E-state index in [0.717, 1.165) is 4.57 Å². The fourth-order valence-corrected chi connectivity index (χ4v) is 2.61. The first kappa shape index (κ1) is 12.0. The predicted octanol–water partition coefficient (Wildman–Crippen LogP) is 0.739. The molecule has 0 spiro atoms. The molecule has 2 aromatic heterocycles. The van der Waals surface area contributed by atoms with Gasteiger partial charge in [-0.15, -0.1) is 11.3 Å². The number of rotatable bonds is 3. The smallest absolute Gasteiger partial charge is 0.329 e. The summed E-state index contributed by atoms with van der Waals surface area (Å²) in [7, 11) is 0. The summed E-state index contributed by atoms with van der Waals surface area (Å²) < 4.78 is 1.26. The number of H-pyrrole nitrogens is 1. The van der Waals surface area contributed by atoms with Crippen LogP contribution in [0.3, 0.4) is 0 Å². The topological polar surface area (TPSA) is 95.3 Å². The highest BCUT2D eigenvalue weighted by Crippen LogP contribution is 2.15. The molecule has 0 fully saturated rings. The van der Waals surface area contributed by atoms with Crippen LogP contribution in [-0.4, -0.2) is 32.3 Å². The second-order valence-corrected chi connectivity index (χ2v) is 4.61. The number of aliphatic hydroxyl groups is 1. The second kappa shape index (κ2) is 4.40. The van der Waals surface area contributed by atoms with Gasteiger partial charge in [-0.2, -0.15) is 0 Å². The number of thiophene rings is 1. The van der Waals surface area contributed by atoms with E-state index >= 15 is 0 Å². The summed E-state index contributed by atoms with van der Waals surface area (Å²) in [4.78, 5) is 25.7. The molecule has 3 N–H and O–H groups in total. The monoisotopic (exact) mass is 272 g/mol. The van der Waals surface area contributed by atoms with Gasteiger partial charge in [-0.3, -0.25) is 9.36 Å². The van der Waals surface area contributed by atoms with Gasteiger partial charge in [-0.05, 0) is 23.7 Å². The number of nitrogens with one attached hydrogen (secondary N) is 1. The van der Waals surface area contributed by atoms with Crippen molar-refractivity contribution in [3.63, 3.8) is 0 Å². The fourth-order valence-electron chi connectivity index (χ4n) is 1.50. The van der Waals surface area contributed by atoms with Gasteiger partial charge in [-0.1, -0.05) is 0 Å². The van der Waals surface area contributed by atoms with E-state index in [4.69, 9.17) is 22.4 Å². The highest BCUT2D eigenvalue weighted by atomic mass is 32.1. The summed E-state index contributed by atoms with van der Waals surface area (Å²) in [5, 5.41) is 19.7. The first-order valence-electron chi connectivity index (χ1n) is 4.62. The lowest BCUT2D eigenvalue weighted by molar-refractivity contribution is -0.142. The van der Waals surface area contributed by atoms with Crippen LogP contribution in [0.25, 0.3) is 10.2 Å². The number of fused-ring (bicyclic) bond motifs is 1. The number of hydrogen-bond donors (Lipinski definition) is 3. The highest BCUT2D eigenvalue weighted by Gasteiger charge is 2.22. The van der Waals surface area contributed by atoms with E-state index in [-0.39, 0.29) is 4.77 Å². The summed E-state index contributed by atoms with van der Waals surface area (Å²) in [6.45, 7) is -0.691. The number of aliphatic hydroxyl groups excluding tert-OH is 1. The maximum absolute atomic E-state index is 12.0. The van der Waals surface area contributed by atoms with Crippen molar-refractivity contribution < 1.29 is 15.0 Å². The van der Waals surface area contributed by atoms with E-state index in [9.17, 15) is 9.59 Å². The molecule has 2 aromatic rings. The average Bonchev–Trinajstić information content (AvgIpc) is 2.71. The van der Waals surface area contributed by atoms with Crippen LogP contribution in [0.4, 0.5) is 0 Å². The number of aliphatic carboxylic acids is 1. The molecule has 17 heavy (non-hydrogen) atoms. The third-order valence-electron chi connectivity index (χ3n) is 2.31. The molecule has 0 aromatic carbocycles. The minimum absolute atomic E-state index is 0.0117. The Bertz CT molecular complexity index is 684. The Morgan fingerprint density at radius 2 is 2.35 bits per heavy atom. The molecule has 0 saturated carbocycles. The van der Waals surface area contributed by atoms with Crippen molar-refractivity contribution in [2.45, 2.75) is 6.04 Å². The number of carbonyl (C=O) groups is 1. The van der Waals surface area contributed by atoms with E-state index in [1.54, 1.807) is 11.4 Å². The van der Waals surface area contributed by atoms with E-state index < -0.39 is 24.2 Å². The Kier molecular flexibility index (Phi) is 3.09. The van der Waals surface area contributed by atoms with E-state index in [1.807, 2.05) is 0 Å². The zero-order chi connectivity index (χ0) is 12.6. The molecule has 2 rings (SSSR count). The van der Waals surface area contributed by atoms with Crippen LogP contribution in [0.5, 0.6) is 0 Å². The fraction of sp³-hybridized carbons (Fsp3) is 0.222. The summed E-state index contributed by atoms with van der Waals surface area (Å²) >= 11 is 6.12. The van der Waals surface area contributed by atoms with Crippen LogP contribution in [-0.2, 0) is 4.79 Å². The molecule has 0 radical (unpaired) electrons. The number of hydrogen-bond acceptors (Lipinski definition) is 5. The molecule has 1 atom stereocenters. The number of nitrogens with zero attached hydrogens (tertiary/aromatic N) is 1. The molecular weight excluding hydrogens is 264 g/mol. The summed E-state index contributed by atoms with van der Waals surface area (Å²) in [5.74, 6) is -1.30. The normalized spacial score (nSPS) is 12.8. The van der Waals surface area contributed by atoms with Crippen LogP contribution >= 0.6 is 23.6 Å². The first-order valence-corrected chi connectivity index (χ1v) is 5.90. The average molecular weight is 272 g/mol. The number of carboxylic acids is 1. The van der Waals surface area contributed by atoms with E-state index in [2.05, 4.69) is 4.98 Å². The SMILES string of the molecule is O=C(O)[C@@H](CO)n1c(=S)[nH]c2ccsc2c1=O. The minimum Gasteiger partial charge on any atom is -0.480 e. The molecule has 8 heteroatoms. The van der Waals surface area contributed by atoms with Gasteiger partial charge in [0.05, 0.1) is 12.1 Å². The van der Waals surface area contributed by atoms with E-state index in [0.29, 0.717) is 10.2 Å². The molecular formula is C9H8N2O4S2. The molecule has 0 saturated heterocycles. The molecule has 0 amide bonds. The Hall–Kier alpha value is -1.51. The molecule has 0 aliphatic rings. The van der Waals surface area contributed by atoms with Gasteiger partial charge in [0.15, 0.2) is 10.8 Å². The number of aromatic amines is 1. The van der Waals surface area contributed by atoms with Crippen LogP contribution < -0.4 is 5.56 Å². The molecule has 0 aliphatic carbocycles. The molecule has 0 bridgehead atoms. The predicted molar refractivity (Wildman–Crippen MR) is 65.0 cm³/mol. The Morgan fingerprint density at radius 1 is 1.65 bits per heavy atom. The van der Waals surface area contributed by atoms with Crippen LogP contribution in [0, 0.1) is 4.77 Å². The molecule has 2 heterocycles. The minimum atomic E-state index is -1.36. The van der Waals surface area contributed by atoms with Crippen molar-refractivity contribution in [1.29, 1.82) is 0 Å². The number of carboxylic acid groups (broad SMARTS) is 1. The lowest BCUT2D eigenvalue weighted by Gasteiger charge is -2.12. The van der Waals surface area contributed by atoms with Crippen molar-refractivity contribution in [1.82, 2.24) is 9.55 Å². The Balaban J connectivity index is 2.81. The zero-order valence-electron chi connectivity index (χ0n) is 8.41. The molecule has 6 nitrogen and oxygen atoms in total. The van der Waals surface area contributed by atoms with Gasteiger partial charge in [0, 0.05) is 0 Å². The molecule has 90 valence electrons. The van der Waals surface area contributed by atoms with Crippen LogP contribution in [0.1, 0.15) is 6.04 Å². The standard InChI is InChI=1S/C9H8N2O4S2/c12-3-5(8(14)15)11-7(13)6-4(1-2-17-6)10-9(11)16/h1-2,5,12H,3H2,(H,10,16)(H,14,15)/t5-/m1/s1. The van der Waals surface area contributed by atoms with Crippen LogP contribution in [0.2, 0.25) is 0 Å². The summed E-state index contributed by atoms with van der Waals surface area (Å²) in [5.41, 5.74) is 0.0727. The Labute approximate surface area is 104 Å². The summed E-state index contributed by atoms with van der Waals surface area (Å²) in [6, 6.07) is 0.328. The van der Waals surface area contributed by atoms with Crippen molar-refractivity contribution in [2.24, 2.45) is 0 Å².